The van der Waals surface area contributed by atoms with Gasteiger partial charge in [0.25, 0.3) is 0 Å². The molecule has 3 nitrogen and oxygen atoms in total. The maximum absolute atomic E-state index is 5.29. The topological polar surface area (TPSA) is 24.5 Å². The Kier molecular flexibility index (Phi) is 12.1. The van der Waals surface area contributed by atoms with Crippen molar-refractivity contribution in [3.63, 3.8) is 0 Å². The van der Waals surface area contributed by atoms with Crippen LogP contribution < -0.4 is 5.32 Å². The van der Waals surface area contributed by atoms with Crippen LogP contribution in [0.3, 0.4) is 0 Å². The van der Waals surface area contributed by atoms with Crippen LogP contribution >= 0.6 is 0 Å². The number of hydrogen-bond donors (Lipinski definition) is 1. The quantitative estimate of drug-likeness (QED) is 0.370. The second-order valence-corrected chi connectivity index (χ2v) is 15.3. The molecule has 0 spiro atoms. The maximum Gasteiger partial charge on any atom is 0.0468 e. The van der Waals surface area contributed by atoms with Crippen LogP contribution in [0.15, 0.2) is 0 Å². The molecule has 5 fully saturated rings. The standard InChI is InChI=1S/C9H19N.C9H18O.C8H16.C6H11N/c1-9(2,3)10-7-5-4-6-8-10;1-9(2,3)8-4-6-10-7-5-8;1-8(2,3)7-5-4-6-7;1-4-5-2-7-3-6(4)5/h4-8H2,1-3H3;8H,4-7H2,1-3H3;7H,4-6H2,1-3H3;4-7H,2-3H2,1H3/t;;;4?,5-,6+. The minimum absolute atomic E-state index is 0.403. The Hall–Kier alpha value is -0.120. The molecule has 208 valence electrons. The first-order valence-corrected chi connectivity index (χ1v) is 15.2. The van der Waals surface area contributed by atoms with E-state index in [2.05, 4.69) is 79.5 Å². The van der Waals surface area contributed by atoms with Gasteiger partial charge in [0, 0.05) is 18.8 Å². The van der Waals surface area contributed by atoms with E-state index in [0.29, 0.717) is 16.4 Å². The number of nitrogens with one attached hydrogen (secondary N) is 1. The zero-order chi connectivity index (χ0) is 26.3. The van der Waals surface area contributed by atoms with Crippen LogP contribution in [0, 0.1) is 40.4 Å². The Bertz CT molecular complexity index is 528. The van der Waals surface area contributed by atoms with Crippen molar-refractivity contribution >= 4 is 0 Å². The molecule has 0 aromatic rings. The van der Waals surface area contributed by atoms with Gasteiger partial charge in [-0.05, 0) is 126 Å². The fourth-order valence-electron chi connectivity index (χ4n) is 6.13. The SMILES string of the molecule is CC(C)(C)C1CCC1.CC(C)(C)C1CCOCC1.CC(C)(C)N1CCCCC1.CC1[C@H]2CNC[C@@H]12. The van der Waals surface area contributed by atoms with Gasteiger partial charge in [-0.15, -0.1) is 0 Å². The molecule has 5 rings (SSSR count). The molecular weight excluding hydrogens is 428 g/mol. The maximum atomic E-state index is 5.29. The summed E-state index contributed by atoms with van der Waals surface area (Å²) in [4.78, 5) is 2.58. The number of ether oxygens (including phenoxy) is 1. The lowest BCUT2D eigenvalue weighted by atomic mass is 9.69. The van der Waals surface area contributed by atoms with Crippen LogP contribution in [-0.4, -0.2) is 49.8 Å². The number of fused-ring (bicyclic) bond motifs is 1. The fourth-order valence-corrected chi connectivity index (χ4v) is 6.13. The first-order chi connectivity index (χ1) is 16.2. The van der Waals surface area contributed by atoms with Crippen molar-refractivity contribution < 1.29 is 4.74 Å². The average molecular weight is 493 g/mol. The van der Waals surface area contributed by atoms with Gasteiger partial charge in [-0.3, -0.25) is 4.90 Å². The highest BCUT2D eigenvalue weighted by Gasteiger charge is 2.49. The molecule has 3 heterocycles. The van der Waals surface area contributed by atoms with Gasteiger partial charge >= 0.3 is 0 Å². The van der Waals surface area contributed by atoms with E-state index in [4.69, 9.17) is 4.74 Å². The summed E-state index contributed by atoms with van der Waals surface area (Å²) in [6, 6.07) is 0. The Balaban J connectivity index is 0.000000166. The molecule has 5 aliphatic rings. The molecule has 0 radical (unpaired) electrons. The van der Waals surface area contributed by atoms with E-state index in [1.165, 1.54) is 77.5 Å². The molecule has 3 heteroatoms. The van der Waals surface area contributed by atoms with Crippen molar-refractivity contribution in [3.8, 4) is 0 Å². The molecule has 2 aliphatic carbocycles. The van der Waals surface area contributed by atoms with Gasteiger partial charge in [0.15, 0.2) is 0 Å². The largest absolute Gasteiger partial charge is 0.381 e. The number of hydrogen-bond acceptors (Lipinski definition) is 3. The highest BCUT2D eigenvalue weighted by atomic mass is 16.5. The summed E-state index contributed by atoms with van der Waals surface area (Å²) in [7, 11) is 0. The van der Waals surface area contributed by atoms with E-state index in [9.17, 15) is 0 Å². The van der Waals surface area contributed by atoms with E-state index in [-0.39, 0.29) is 0 Å². The monoisotopic (exact) mass is 493 g/mol. The third kappa shape index (κ3) is 11.0. The van der Waals surface area contributed by atoms with Crippen molar-refractivity contribution in [2.24, 2.45) is 40.4 Å². The van der Waals surface area contributed by atoms with Crippen LogP contribution in [0.2, 0.25) is 0 Å². The van der Waals surface area contributed by atoms with Gasteiger partial charge in [-0.2, -0.15) is 0 Å². The van der Waals surface area contributed by atoms with Gasteiger partial charge in [0.05, 0.1) is 0 Å². The summed E-state index contributed by atoms with van der Waals surface area (Å²) >= 11 is 0. The first kappa shape index (κ1) is 31.1. The first-order valence-electron chi connectivity index (χ1n) is 15.2. The van der Waals surface area contributed by atoms with E-state index < -0.39 is 0 Å². The predicted molar refractivity (Wildman–Crippen MR) is 154 cm³/mol. The number of piperidine rings is 2. The number of rotatable bonds is 0. The molecular formula is C32H64N2O. The van der Waals surface area contributed by atoms with Crippen molar-refractivity contribution in [2.75, 3.05) is 39.4 Å². The van der Waals surface area contributed by atoms with Crippen molar-refractivity contribution in [1.29, 1.82) is 0 Å². The lowest BCUT2D eigenvalue weighted by Crippen LogP contribution is -2.44. The molecule has 35 heavy (non-hydrogen) atoms. The summed E-state index contributed by atoms with van der Waals surface area (Å²) in [5.41, 5.74) is 1.49. The third-order valence-electron chi connectivity index (χ3n) is 9.60. The summed E-state index contributed by atoms with van der Waals surface area (Å²) in [5.74, 6) is 5.10. The van der Waals surface area contributed by atoms with Gasteiger partial charge in [0.2, 0.25) is 0 Å². The van der Waals surface area contributed by atoms with Gasteiger partial charge < -0.3 is 10.1 Å². The normalized spacial score (nSPS) is 29.8. The Morgan fingerprint density at radius 2 is 1.09 bits per heavy atom. The zero-order valence-corrected chi connectivity index (χ0v) is 25.6. The molecule has 0 aromatic carbocycles. The lowest BCUT2D eigenvalue weighted by Gasteiger charge is -2.38. The molecule has 1 N–H and O–H groups in total. The van der Waals surface area contributed by atoms with Crippen molar-refractivity contribution in [3.05, 3.63) is 0 Å². The fraction of sp³-hybridized carbons (Fsp3) is 1.00. The predicted octanol–water partition coefficient (Wildman–Crippen LogP) is 8.03. The van der Waals surface area contributed by atoms with Gasteiger partial charge in [-0.1, -0.05) is 61.3 Å². The minimum Gasteiger partial charge on any atom is -0.381 e. The van der Waals surface area contributed by atoms with E-state index in [1.807, 2.05) is 0 Å². The van der Waals surface area contributed by atoms with Gasteiger partial charge in [0.1, 0.15) is 0 Å². The van der Waals surface area contributed by atoms with E-state index in [0.717, 1.165) is 42.8 Å². The summed E-state index contributed by atoms with van der Waals surface area (Å²) in [6.07, 6.45) is 11.2. The summed E-state index contributed by atoms with van der Waals surface area (Å²) in [5, 5.41) is 3.35. The molecule has 0 amide bonds. The van der Waals surface area contributed by atoms with Crippen LogP contribution in [0.4, 0.5) is 0 Å². The molecule has 1 unspecified atom stereocenters. The molecule has 0 bridgehead atoms. The Morgan fingerprint density at radius 3 is 1.31 bits per heavy atom. The van der Waals surface area contributed by atoms with Crippen LogP contribution in [0.25, 0.3) is 0 Å². The highest BCUT2D eigenvalue weighted by molar-refractivity contribution is 5.01. The highest BCUT2D eigenvalue weighted by Crippen LogP contribution is 2.47. The van der Waals surface area contributed by atoms with E-state index in [1.54, 1.807) is 0 Å². The van der Waals surface area contributed by atoms with Crippen LogP contribution in [-0.2, 0) is 4.74 Å². The summed E-state index contributed by atoms with van der Waals surface area (Å²) < 4.78 is 5.29. The van der Waals surface area contributed by atoms with Crippen molar-refractivity contribution in [1.82, 2.24) is 10.2 Å². The minimum atomic E-state index is 0.403. The van der Waals surface area contributed by atoms with Gasteiger partial charge in [-0.25, -0.2) is 0 Å². The Morgan fingerprint density at radius 1 is 0.629 bits per heavy atom. The Labute approximate surface area is 220 Å². The lowest BCUT2D eigenvalue weighted by molar-refractivity contribution is 0.0286. The molecule has 3 saturated heterocycles. The second-order valence-electron chi connectivity index (χ2n) is 15.3. The van der Waals surface area contributed by atoms with Crippen molar-refractivity contribution in [2.45, 2.75) is 126 Å². The second kappa shape index (κ2) is 13.6. The zero-order valence-electron chi connectivity index (χ0n) is 25.6. The molecule has 2 saturated carbocycles. The van der Waals surface area contributed by atoms with Crippen LogP contribution in [0.5, 0.6) is 0 Å². The molecule has 3 atom stereocenters. The number of nitrogens with zero attached hydrogens (tertiary/aromatic N) is 1. The smallest absolute Gasteiger partial charge is 0.0468 e. The van der Waals surface area contributed by atoms with Crippen LogP contribution in [0.1, 0.15) is 121 Å². The summed E-state index contributed by atoms with van der Waals surface area (Å²) in [6.45, 7) is 30.4. The third-order valence-corrected chi connectivity index (χ3v) is 9.60. The average Bonchev–Trinajstić information content (AvgIpc) is 3.11. The van der Waals surface area contributed by atoms with E-state index >= 15 is 0 Å². The number of likely N-dealkylation sites (tertiary alicyclic amines) is 1. The molecule has 3 aliphatic heterocycles. The molecule has 0 aromatic heterocycles.